The van der Waals surface area contributed by atoms with Crippen molar-refractivity contribution in [1.29, 1.82) is 0 Å². The van der Waals surface area contributed by atoms with Gasteiger partial charge in [-0.25, -0.2) is 4.39 Å². The van der Waals surface area contributed by atoms with Crippen LogP contribution in [0.15, 0.2) is 53.1 Å². The standard InChI is InChI=1S/C20H20FN3O2/c1-25-18-4-2-3-15(11-18)20-22-19(26-23-20)13-24(17-9-10-17)12-14-5-7-16(21)8-6-14/h2-8,11,17H,9-10,12-13H2,1H3. The molecule has 0 bridgehead atoms. The topological polar surface area (TPSA) is 51.4 Å². The molecule has 134 valence electrons. The molecule has 26 heavy (non-hydrogen) atoms. The van der Waals surface area contributed by atoms with Crippen LogP contribution >= 0.6 is 0 Å². The monoisotopic (exact) mass is 353 g/mol. The third-order valence-corrected chi connectivity index (χ3v) is 4.50. The lowest BCUT2D eigenvalue weighted by atomic mass is 10.2. The quantitative estimate of drug-likeness (QED) is 0.641. The summed E-state index contributed by atoms with van der Waals surface area (Å²) in [6.07, 6.45) is 2.33. The molecule has 0 aliphatic heterocycles. The number of halogens is 1. The van der Waals surface area contributed by atoms with E-state index in [1.54, 1.807) is 7.11 Å². The van der Waals surface area contributed by atoms with Crippen molar-refractivity contribution >= 4 is 0 Å². The maximum absolute atomic E-state index is 13.1. The van der Waals surface area contributed by atoms with Crippen LogP contribution in [0.25, 0.3) is 11.4 Å². The minimum Gasteiger partial charge on any atom is -0.497 e. The van der Waals surface area contributed by atoms with Crippen LogP contribution in [0, 0.1) is 5.82 Å². The number of hydrogen-bond acceptors (Lipinski definition) is 5. The summed E-state index contributed by atoms with van der Waals surface area (Å²) in [4.78, 5) is 6.83. The number of rotatable bonds is 7. The first-order valence-corrected chi connectivity index (χ1v) is 8.67. The Kier molecular flexibility index (Phi) is 4.67. The van der Waals surface area contributed by atoms with Gasteiger partial charge >= 0.3 is 0 Å². The van der Waals surface area contributed by atoms with Gasteiger partial charge < -0.3 is 9.26 Å². The van der Waals surface area contributed by atoms with Gasteiger partial charge in [-0.2, -0.15) is 4.98 Å². The van der Waals surface area contributed by atoms with E-state index in [1.807, 2.05) is 36.4 Å². The zero-order chi connectivity index (χ0) is 17.9. The molecule has 1 saturated carbocycles. The van der Waals surface area contributed by atoms with E-state index in [0.717, 1.165) is 36.3 Å². The molecule has 1 aromatic heterocycles. The second-order valence-electron chi connectivity index (χ2n) is 6.51. The Labute approximate surface area is 151 Å². The van der Waals surface area contributed by atoms with Crippen LogP contribution < -0.4 is 4.74 Å². The highest BCUT2D eigenvalue weighted by molar-refractivity contribution is 5.56. The van der Waals surface area contributed by atoms with Crippen LogP contribution in [0.3, 0.4) is 0 Å². The van der Waals surface area contributed by atoms with Gasteiger partial charge in [0, 0.05) is 18.2 Å². The highest BCUT2D eigenvalue weighted by atomic mass is 19.1. The van der Waals surface area contributed by atoms with E-state index in [0.29, 0.717) is 24.3 Å². The van der Waals surface area contributed by atoms with E-state index >= 15 is 0 Å². The van der Waals surface area contributed by atoms with Gasteiger partial charge in [0.25, 0.3) is 0 Å². The van der Waals surface area contributed by atoms with E-state index in [9.17, 15) is 4.39 Å². The van der Waals surface area contributed by atoms with E-state index in [-0.39, 0.29) is 5.82 Å². The Morgan fingerprint density at radius 1 is 1.15 bits per heavy atom. The fourth-order valence-electron chi connectivity index (χ4n) is 2.95. The smallest absolute Gasteiger partial charge is 0.241 e. The van der Waals surface area contributed by atoms with Crippen molar-refractivity contribution < 1.29 is 13.7 Å². The predicted molar refractivity (Wildman–Crippen MR) is 95.0 cm³/mol. The molecule has 1 aliphatic rings. The number of nitrogens with zero attached hydrogens (tertiary/aromatic N) is 3. The number of hydrogen-bond donors (Lipinski definition) is 0. The van der Waals surface area contributed by atoms with Crippen molar-refractivity contribution in [3.05, 3.63) is 65.8 Å². The maximum Gasteiger partial charge on any atom is 0.241 e. The van der Waals surface area contributed by atoms with Crippen molar-refractivity contribution in [2.75, 3.05) is 7.11 Å². The summed E-state index contributed by atoms with van der Waals surface area (Å²) in [5.74, 6) is 1.67. The van der Waals surface area contributed by atoms with Crippen LogP contribution in [-0.2, 0) is 13.1 Å². The maximum atomic E-state index is 13.1. The lowest BCUT2D eigenvalue weighted by molar-refractivity contribution is 0.209. The predicted octanol–water partition coefficient (Wildman–Crippen LogP) is 4.05. The summed E-state index contributed by atoms with van der Waals surface area (Å²) < 4.78 is 23.8. The molecule has 1 aliphatic carbocycles. The van der Waals surface area contributed by atoms with Gasteiger partial charge in [-0.3, -0.25) is 4.90 Å². The average molecular weight is 353 g/mol. The summed E-state index contributed by atoms with van der Waals surface area (Å²) in [6, 6.07) is 14.7. The Hall–Kier alpha value is -2.73. The second-order valence-corrected chi connectivity index (χ2v) is 6.51. The highest BCUT2D eigenvalue weighted by Gasteiger charge is 2.30. The summed E-state index contributed by atoms with van der Waals surface area (Å²) >= 11 is 0. The first-order valence-electron chi connectivity index (χ1n) is 8.67. The fourth-order valence-corrected chi connectivity index (χ4v) is 2.95. The molecular formula is C20H20FN3O2. The van der Waals surface area contributed by atoms with Gasteiger partial charge in [-0.15, -0.1) is 0 Å². The molecule has 1 heterocycles. The molecule has 6 heteroatoms. The molecule has 0 unspecified atom stereocenters. The number of benzene rings is 2. The van der Waals surface area contributed by atoms with Crippen molar-refractivity contribution in [2.45, 2.75) is 32.0 Å². The molecule has 1 fully saturated rings. The molecule has 0 radical (unpaired) electrons. The van der Waals surface area contributed by atoms with E-state index < -0.39 is 0 Å². The minimum absolute atomic E-state index is 0.216. The first-order chi connectivity index (χ1) is 12.7. The SMILES string of the molecule is COc1cccc(-c2noc(CN(Cc3ccc(F)cc3)C3CC3)n2)c1. The third kappa shape index (κ3) is 3.91. The van der Waals surface area contributed by atoms with Crippen LogP contribution in [0.4, 0.5) is 4.39 Å². The Morgan fingerprint density at radius 3 is 2.69 bits per heavy atom. The van der Waals surface area contributed by atoms with Gasteiger partial charge in [-0.05, 0) is 42.7 Å². The molecule has 3 aromatic rings. The van der Waals surface area contributed by atoms with Crippen molar-refractivity contribution in [3.8, 4) is 17.1 Å². The van der Waals surface area contributed by atoms with Crippen LogP contribution in [-0.4, -0.2) is 28.2 Å². The molecule has 0 atom stereocenters. The molecule has 5 nitrogen and oxygen atoms in total. The lowest BCUT2D eigenvalue weighted by Crippen LogP contribution is -2.25. The van der Waals surface area contributed by atoms with Crippen LogP contribution in [0.2, 0.25) is 0 Å². The Morgan fingerprint density at radius 2 is 1.96 bits per heavy atom. The molecule has 0 spiro atoms. The number of ether oxygens (including phenoxy) is 1. The van der Waals surface area contributed by atoms with Gasteiger partial charge in [0.15, 0.2) is 0 Å². The van der Waals surface area contributed by atoms with Crippen molar-refractivity contribution in [3.63, 3.8) is 0 Å². The molecule has 4 rings (SSSR count). The summed E-state index contributed by atoms with van der Waals surface area (Å²) in [5.41, 5.74) is 1.93. The molecule has 0 N–H and O–H groups in total. The van der Waals surface area contributed by atoms with Gasteiger partial charge in [-0.1, -0.05) is 29.4 Å². The third-order valence-electron chi connectivity index (χ3n) is 4.50. The van der Waals surface area contributed by atoms with Crippen LogP contribution in [0.5, 0.6) is 5.75 Å². The van der Waals surface area contributed by atoms with Gasteiger partial charge in [0.05, 0.1) is 13.7 Å². The van der Waals surface area contributed by atoms with E-state index in [2.05, 4.69) is 15.0 Å². The van der Waals surface area contributed by atoms with Crippen molar-refractivity contribution in [1.82, 2.24) is 15.0 Å². The Bertz CT molecular complexity index is 875. The van der Waals surface area contributed by atoms with Crippen molar-refractivity contribution in [2.24, 2.45) is 0 Å². The molecular weight excluding hydrogens is 333 g/mol. The fraction of sp³-hybridized carbons (Fsp3) is 0.300. The number of methoxy groups -OCH3 is 1. The largest absolute Gasteiger partial charge is 0.497 e. The minimum atomic E-state index is -0.216. The molecule has 2 aromatic carbocycles. The highest BCUT2D eigenvalue weighted by Crippen LogP contribution is 2.30. The second kappa shape index (κ2) is 7.25. The number of aromatic nitrogens is 2. The summed E-state index contributed by atoms with van der Waals surface area (Å²) in [7, 11) is 1.63. The average Bonchev–Trinajstić information content (AvgIpc) is 3.42. The van der Waals surface area contributed by atoms with Gasteiger partial charge in [0.2, 0.25) is 11.7 Å². The zero-order valence-electron chi connectivity index (χ0n) is 14.6. The summed E-state index contributed by atoms with van der Waals surface area (Å²) in [6.45, 7) is 1.32. The molecule has 0 amide bonds. The van der Waals surface area contributed by atoms with Crippen LogP contribution in [0.1, 0.15) is 24.3 Å². The lowest BCUT2D eigenvalue weighted by Gasteiger charge is -2.19. The van der Waals surface area contributed by atoms with Gasteiger partial charge in [0.1, 0.15) is 11.6 Å². The zero-order valence-corrected chi connectivity index (χ0v) is 14.6. The normalized spacial score (nSPS) is 14.0. The first kappa shape index (κ1) is 16.7. The van der Waals surface area contributed by atoms with E-state index in [1.165, 1.54) is 12.1 Å². The molecule has 0 saturated heterocycles. The summed E-state index contributed by atoms with van der Waals surface area (Å²) in [5, 5.41) is 4.10. The van der Waals surface area contributed by atoms with E-state index in [4.69, 9.17) is 9.26 Å². The Balaban J connectivity index is 1.48.